The second kappa shape index (κ2) is 6.35. The Morgan fingerprint density at radius 2 is 1.12 bits per heavy atom. The van der Waals surface area contributed by atoms with Gasteiger partial charge in [-0.05, 0) is 23.8 Å². The summed E-state index contributed by atoms with van der Waals surface area (Å²) in [4.78, 5) is 0. The van der Waals surface area contributed by atoms with Crippen LogP contribution in [0.1, 0.15) is 5.56 Å². The van der Waals surface area contributed by atoms with E-state index < -0.39 is 7.14 Å². The van der Waals surface area contributed by atoms with Crippen LogP contribution in [0.2, 0.25) is 0 Å². The van der Waals surface area contributed by atoms with Gasteiger partial charge in [-0.15, -0.1) is 0 Å². The standard InChI is InChI=1S/C23H19OP/c1-18-12-13-19-14-15-23(17-20(19)16-18)25(24,21-8-4-2-5-9-21)22-10-6-3-7-11-22/h2-17H,1H3. The smallest absolute Gasteiger partial charge is 0.171 e. The second-order valence-corrected chi connectivity index (χ2v) is 9.08. The fourth-order valence-electron chi connectivity index (χ4n) is 3.27. The van der Waals surface area contributed by atoms with E-state index in [9.17, 15) is 4.57 Å². The first-order valence-corrected chi connectivity index (χ1v) is 10.1. The predicted octanol–water partition coefficient (Wildman–Crippen LogP) is 4.79. The fraction of sp³-hybridized carbons (Fsp3) is 0.0435. The van der Waals surface area contributed by atoms with Crippen molar-refractivity contribution in [2.75, 3.05) is 0 Å². The van der Waals surface area contributed by atoms with E-state index in [-0.39, 0.29) is 0 Å². The zero-order valence-corrected chi connectivity index (χ0v) is 15.0. The molecule has 122 valence electrons. The van der Waals surface area contributed by atoms with Crippen LogP contribution in [-0.2, 0) is 4.57 Å². The van der Waals surface area contributed by atoms with Gasteiger partial charge in [0.1, 0.15) is 0 Å². The van der Waals surface area contributed by atoms with Crippen LogP contribution in [0, 0.1) is 6.92 Å². The minimum Gasteiger partial charge on any atom is -0.309 e. The molecule has 4 rings (SSSR count). The van der Waals surface area contributed by atoms with Gasteiger partial charge in [-0.3, -0.25) is 0 Å². The van der Waals surface area contributed by atoms with Crippen molar-refractivity contribution in [2.24, 2.45) is 0 Å². The van der Waals surface area contributed by atoms with Gasteiger partial charge in [0.05, 0.1) is 0 Å². The number of benzene rings is 4. The molecule has 1 nitrogen and oxygen atoms in total. The molecule has 25 heavy (non-hydrogen) atoms. The molecule has 0 aromatic heterocycles. The van der Waals surface area contributed by atoms with Gasteiger partial charge in [-0.25, -0.2) is 0 Å². The molecule has 0 radical (unpaired) electrons. The maximum absolute atomic E-state index is 14.3. The molecule has 0 saturated carbocycles. The highest BCUT2D eigenvalue weighted by Crippen LogP contribution is 2.42. The third-order valence-corrected chi connectivity index (χ3v) is 7.64. The molecule has 0 N–H and O–H groups in total. The van der Waals surface area contributed by atoms with E-state index in [0.717, 1.165) is 21.3 Å². The van der Waals surface area contributed by atoms with Crippen molar-refractivity contribution in [2.45, 2.75) is 6.92 Å². The first-order chi connectivity index (χ1) is 12.2. The average Bonchev–Trinajstić information content (AvgIpc) is 2.68. The van der Waals surface area contributed by atoms with Crippen LogP contribution in [0.4, 0.5) is 0 Å². The highest BCUT2D eigenvalue weighted by Gasteiger charge is 2.29. The number of aryl methyl sites for hydroxylation is 1. The van der Waals surface area contributed by atoms with Gasteiger partial charge in [0, 0.05) is 15.9 Å². The summed E-state index contributed by atoms with van der Waals surface area (Å²) in [6, 6.07) is 32.2. The molecule has 0 aliphatic rings. The maximum atomic E-state index is 14.3. The van der Waals surface area contributed by atoms with Crippen LogP contribution in [0.15, 0.2) is 97.1 Å². The Kier molecular flexibility index (Phi) is 4.03. The lowest BCUT2D eigenvalue weighted by Gasteiger charge is -2.20. The number of hydrogen-bond acceptors (Lipinski definition) is 1. The van der Waals surface area contributed by atoms with Gasteiger partial charge in [0.25, 0.3) is 0 Å². The minimum absolute atomic E-state index is 0.869. The van der Waals surface area contributed by atoms with Gasteiger partial charge in [-0.2, -0.15) is 0 Å². The van der Waals surface area contributed by atoms with E-state index in [0.29, 0.717) is 0 Å². The normalized spacial score (nSPS) is 11.6. The third kappa shape index (κ3) is 2.81. The van der Waals surface area contributed by atoms with Crippen molar-refractivity contribution in [1.82, 2.24) is 0 Å². The van der Waals surface area contributed by atoms with Crippen molar-refractivity contribution < 1.29 is 4.57 Å². The van der Waals surface area contributed by atoms with E-state index in [1.54, 1.807) is 0 Å². The Bertz CT molecular complexity index is 1030. The lowest BCUT2D eigenvalue weighted by atomic mass is 10.1. The lowest BCUT2D eigenvalue weighted by molar-refractivity contribution is 0.592. The summed E-state index contributed by atoms with van der Waals surface area (Å²) in [6.07, 6.45) is 0. The number of hydrogen-bond donors (Lipinski definition) is 0. The van der Waals surface area contributed by atoms with E-state index in [2.05, 4.69) is 37.3 Å². The SMILES string of the molecule is Cc1ccc2ccc(P(=O)(c3ccccc3)c3ccccc3)cc2c1. The first kappa shape index (κ1) is 15.9. The van der Waals surface area contributed by atoms with Crippen molar-refractivity contribution in [3.63, 3.8) is 0 Å². The monoisotopic (exact) mass is 342 g/mol. The molecule has 0 fully saturated rings. The number of fused-ring (bicyclic) bond motifs is 1. The molecular formula is C23H19OP. The van der Waals surface area contributed by atoms with E-state index >= 15 is 0 Å². The molecule has 0 amide bonds. The van der Waals surface area contributed by atoms with E-state index in [4.69, 9.17) is 0 Å². The van der Waals surface area contributed by atoms with E-state index in [1.165, 1.54) is 10.9 Å². The molecule has 0 aliphatic heterocycles. The zero-order valence-electron chi connectivity index (χ0n) is 14.1. The molecule has 0 heterocycles. The molecule has 2 heteroatoms. The average molecular weight is 342 g/mol. The van der Waals surface area contributed by atoms with Crippen molar-refractivity contribution in [1.29, 1.82) is 0 Å². The van der Waals surface area contributed by atoms with Crippen LogP contribution in [0.25, 0.3) is 10.8 Å². The summed E-state index contributed by atoms with van der Waals surface area (Å²) in [7, 11) is -2.90. The molecule has 0 unspecified atom stereocenters. The Hall–Kier alpha value is -2.63. The molecule has 0 spiro atoms. The van der Waals surface area contributed by atoms with Gasteiger partial charge < -0.3 is 4.57 Å². The zero-order chi connectivity index (χ0) is 17.3. The highest BCUT2D eigenvalue weighted by atomic mass is 31.2. The third-order valence-electron chi connectivity index (χ3n) is 4.58. The Morgan fingerprint density at radius 1 is 0.560 bits per heavy atom. The summed E-state index contributed by atoms with van der Waals surface area (Å²) in [5.41, 5.74) is 1.21. The van der Waals surface area contributed by atoms with Crippen LogP contribution in [0.3, 0.4) is 0 Å². The Balaban J connectivity index is 2.00. The summed E-state index contributed by atoms with van der Waals surface area (Å²) in [6.45, 7) is 2.08. The summed E-state index contributed by atoms with van der Waals surface area (Å²) in [5.74, 6) is 0. The van der Waals surface area contributed by atoms with Crippen LogP contribution in [-0.4, -0.2) is 0 Å². The Labute approximate surface area is 148 Å². The maximum Gasteiger partial charge on any atom is 0.171 e. The van der Waals surface area contributed by atoms with Crippen LogP contribution >= 0.6 is 7.14 Å². The van der Waals surface area contributed by atoms with Gasteiger partial charge in [0.15, 0.2) is 7.14 Å². The predicted molar refractivity (Wildman–Crippen MR) is 108 cm³/mol. The van der Waals surface area contributed by atoms with Crippen molar-refractivity contribution in [3.05, 3.63) is 103 Å². The lowest BCUT2D eigenvalue weighted by Crippen LogP contribution is -2.24. The molecule has 0 atom stereocenters. The van der Waals surface area contributed by atoms with Crippen LogP contribution < -0.4 is 15.9 Å². The topological polar surface area (TPSA) is 17.1 Å². The largest absolute Gasteiger partial charge is 0.309 e. The molecule has 0 saturated heterocycles. The van der Waals surface area contributed by atoms with Gasteiger partial charge in [0.2, 0.25) is 0 Å². The van der Waals surface area contributed by atoms with Crippen molar-refractivity contribution in [3.8, 4) is 0 Å². The molecule has 4 aromatic carbocycles. The van der Waals surface area contributed by atoms with Gasteiger partial charge >= 0.3 is 0 Å². The summed E-state index contributed by atoms with van der Waals surface area (Å²) in [5, 5.41) is 4.91. The highest BCUT2D eigenvalue weighted by molar-refractivity contribution is 7.85. The van der Waals surface area contributed by atoms with Crippen molar-refractivity contribution >= 4 is 33.8 Å². The molecule has 0 bridgehead atoms. The molecule has 0 aliphatic carbocycles. The van der Waals surface area contributed by atoms with E-state index in [1.807, 2.05) is 66.7 Å². The summed E-state index contributed by atoms with van der Waals surface area (Å²) >= 11 is 0. The fourth-order valence-corrected chi connectivity index (χ4v) is 5.96. The first-order valence-electron chi connectivity index (χ1n) is 8.40. The minimum atomic E-state index is -2.90. The molecular weight excluding hydrogens is 323 g/mol. The quantitative estimate of drug-likeness (QED) is 0.489. The molecule has 4 aromatic rings. The Morgan fingerprint density at radius 3 is 1.72 bits per heavy atom. The number of rotatable bonds is 3. The summed E-state index contributed by atoms with van der Waals surface area (Å²) < 4.78 is 14.3. The van der Waals surface area contributed by atoms with Gasteiger partial charge in [-0.1, -0.05) is 96.6 Å². The second-order valence-electron chi connectivity index (χ2n) is 6.32. The van der Waals surface area contributed by atoms with Crippen LogP contribution in [0.5, 0.6) is 0 Å².